The van der Waals surface area contributed by atoms with Crippen LogP contribution >= 0.6 is 11.8 Å². The number of thioether (sulfide) groups is 1. The summed E-state index contributed by atoms with van der Waals surface area (Å²) in [6, 6.07) is 17.2. The average molecular weight is 228 g/mol. The van der Waals surface area contributed by atoms with Gasteiger partial charge in [0.15, 0.2) is 0 Å². The van der Waals surface area contributed by atoms with Crippen molar-refractivity contribution in [3.8, 4) is 11.1 Å². The van der Waals surface area contributed by atoms with E-state index in [1.54, 1.807) is 0 Å². The maximum absolute atomic E-state index is 2.21. The molecule has 0 aliphatic heterocycles. The first kappa shape index (κ1) is 11.3. The third-order valence-corrected chi connectivity index (χ3v) is 3.58. The normalized spacial score (nSPS) is 10.4. The van der Waals surface area contributed by atoms with Crippen LogP contribution in [-0.4, -0.2) is 5.75 Å². The largest absolute Gasteiger partial charge is 0.126 e. The van der Waals surface area contributed by atoms with E-state index in [0.717, 1.165) is 5.75 Å². The predicted molar refractivity (Wildman–Crippen MR) is 73.0 cm³/mol. The Hall–Kier alpha value is -1.21. The molecule has 0 aromatic heterocycles. The van der Waals surface area contributed by atoms with E-state index < -0.39 is 0 Å². The molecule has 0 saturated carbocycles. The molecule has 82 valence electrons. The molecule has 16 heavy (non-hydrogen) atoms. The second-order valence-corrected chi connectivity index (χ2v) is 5.05. The van der Waals surface area contributed by atoms with Crippen LogP contribution in [0.3, 0.4) is 0 Å². The molecular weight excluding hydrogens is 212 g/mol. The first-order chi connectivity index (χ1) is 7.83. The standard InChI is InChI=1S/C15H16S/c1-3-16-15-11-7-6-10-14(15)13-9-5-4-8-12(13)2/h4-11H,3H2,1-2H3. The molecule has 0 atom stereocenters. The van der Waals surface area contributed by atoms with Crippen LogP contribution < -0.4 is 0 Å². The number of rotatable bonds is 3. The lowest BCUT2D eigenvalue weighted by Gasteiger charge is -2.10. The van der Waals surface area contributed by atoms with Gasteiger partial charge in [-0.25, -0.2) is 0 Å². The summed E-state index contributed by atoms with van der Waals surface area (Å²) < 4.78 is 0. The fraction of sp³-hybridized carbons (Fsp3) is 0.200. The zero-order valence-electron chi connectivity index (χ0n) is 9.73. The summed E-state index contributed by atoms with van der Waals surface area (Å²) in [6.45, 7) is 4.36. The van der Waals surface area contributed by atoms with E-state index in [2.05, 4.69) is 62.4 Å². The molecule has 0 bridgehead atoms. The molecule has 2 rings (SSSR count). The lowest BCUT2D eigenvalue weighted by Crippen LogP contribution is -1.85. The number of hydrogen-bond acceptors (Lipinski definition) is 1. The Morgan fingerprint density at radius 3 is 2.19 bits per heavy atom. The molecule has 0 nitrogen and oxygen atoms in total. The second kappa shape index (κ2) is 5.22. The molecule has 2 aromatic carbocycles. The van der Waals surface area contributed by atoms with Crippen molar-refractivity contribution >= 4 is 11.8 Å². The Morgan fingerprint density at radius 2 is 1.50 bits per heavy atom. The fourth-order valence-corrected chi connectivity index (χ4v) is 2.66. The minimum Gasteiger partial charge on any atom is -0.126 e. The molecule has 0 aliphatic rings. The number of hydrogen-bond donors (Lipinski definition) is 0. The van der Waals surface area contributed by atoms with Crippen LogP contribution in [0.2, 0.25) is 0 Å². The summed E-state index contributed by atoms with van der Waals surface area (Å²) in [5, 5.41) is 0. The molecule has 0 aliphatic carbocycles. The topological polar surface area (TPSA) is 0 Å². The number of benzene rings is 2. The highest BCUT2D eigenvalue weighted by Crippen LogP contribution is 2.32. The van der Waals surface area contributed by atoms with Gasteiger partial charge < -0.3 is 0 Å². The molecule has 1 heteroatoms. The summed E-state index contributed by atoms with van der Waals surface area (Å²) in [7, 11) is 0. The second-order valence-electron chi connectivity index (χ2n) is 3.74. The van der Waals surface area contributed by atoms with Gasteiger partial charge in [0.1, 0.15) is 0 Å². The SMILES string of the molecule is CCSc1ccccc1-c1ccccc1C. The van der Waals surface area contributed by atoms with E-state index >= 15 is 0 Å². The zero-order chi connectivity index (χ0) is 11.4. The van der Waals surface area contributed by atoms with Gasteiger partial charge in [-0.2, -0.15) is 0 Å². The van der Waals surface area contributed by atoms with Crippen LogP contribution in [0.25, 0.3) is 11.1 Å². The van der Waals surface area contributed by atoms with Crippen LogP contribution in [0, 0.1) is 6.92 Å². The van der Waals surface area contributed by atoms with Gasteiger partial charge in [0.2, 0.25) is 0 Å². The molecule has 0 radical (unpaired) electrons. The van der Waals surface area contributed by atoms with Crippen molar-refractivity contribution in [3.63, 3.8) is 0 Å². The van der Waals surface area contributed by atoms with Crippen LogP contribution in [0.1, 0.15) is 12.5 Å². The first-order valence-electron chi connectivity index (χ1n) is 5.60. The van der Waals surface area contributed by atoms with Crippen molar-refractivity contribution in [2.24, 2.45) is 0 Å². The maximum atomic E-state index is 2.21. The highest BCUT2D eigenvalue weighted by molar-refractivity contribution is 7.99. The first-order valence-corrected chi connectivity index (χ1v) is 6.59. The Morgan fingerprint density at radius 1 is 0.875 bits per heavy atom. The molecular formula is C15H16S. The third-order valence-electron chi connectivity index (χ3n) is 2.62. The highest BCUT2D eigenvalue weighted by atomic mass is 32.2. The van der Waals surface area contributed by atoms with Crippen molar-refractivity contribution in [2.45, 2.75) is 18.7 Å². The quantitative estimate of drug-likeness (QED) is 0.682. The van der Waals surface area contributed by atoms with Gasteiger partial charge >= 0.3 is 0 Å². The Bertz CT molecular complexity index is 474. The van der Waals surface area contributed by atoms with Crippen molar-refractivity contribution < 1.29 is 0 Å². The van der Waals surface area contributed by atoms with Gasteiger partial charge in [0.25, 0.3) is 0 Å². The summed E-state index contributed by atoms with van der Waals surface area (Å²) in [4.78, 5) is 1.37. The van der Waals surface area contributed by atoms with Crippen molar-refractivity contribution in [3.05, 3.63) is 54.1 Å². The van der Waals surface area contributed by atoms with Crippen LogP contribution in [0.15, 0.2) is 53.4 Å². The minimum atomic E-state index is 1.11. The van der Waals surface area contributed by atoms with Gasteiger partial charge in [0, 0.05) is 4.90 Å². The Labute approximate surface area is 102 Å². The molecule has 2 aromatic rings. The molecule has 0 unspecified atom stereocenters. The van der Waals surface area contributed by atoms with Gasteiger partial charge in [-0.3, -0.25) is 0 Å². The summed E-state index contributed by atoms with van der Waals surface area (Å²) in [5.41, 5.74) is 4.04. The predicted octanol–water partition coefficient (Wildman–Crippen LogP) is 4.77. The smallest absolute Gasteiger partial charge is 0.0150 e. The zero-order valence-corrected chi connectivity index (χ0v) is 10.6. The lowest BCUT2D eigenvalue weighted by molar-refractivity contribution is 1.38. The molecule has 0 saturated heterocycles. The maximum Gasteiger partial charge on any atom is 0.0150 e. The minimum absolute atomic E-state index is 1.11. The van der Waals surface area contributed by atoms with Crippen molar-refractivity contribution in [1.29, 1.82) is 0 Å². The molecule has 0 heterocycles. The van der Waals surface area contributed by atoms with E-state index in [9.17, 15) is 0 Å². The molecule has 0 spiro atoms. The third kappa shape index (κ3) is 2.30. The lowest BCUT2D eigenvalue weighted by atomic mass is 10.0. The summed E-state index contributed by atoms with van der Waals surface area (Å²) in [6.07, 6.45) is 0. The average Bonchev–Trinajstić information content (AvgIpc) is 2.31. The van der Waals surface area contributed by atoms with Gasteiger partial charge in [-0.05, 0) is 35.4 Å². The van der Waals surface area contributed by atoms with Gasteiger partial charge in [-0.15, -0.1) is 11.8 Å². The van der Waals surface area contributed by atoms with Gasteiger partial charge in [0.05, 0.1) is 0 Å². The molecule has 0 N–H and O–H groups in total. The summed E-state index contributed by atoms with van der Waals surface area (Å²) in [5.74, 6) is 1.11. The Kier molecular flexibility index (Phi) is 3.68. The fourth-order valence-electron chi connectivity index (χ4n) is 1.85. The van der Waals surface area contributed by atoms with Crippen LogP contribution in [0.5, 0.6) is 0 Å². The number of aryl methyl sites for hydroxylation is 1. The van der Waals surface area contributed by atoms with Crippen LogP contribution in [-0.2, 0) is 0 Å². The van der Waals surface area contributed by atoms with Gasteiger partial charge in [-0.1, -0.05) is 49.4 Å². The molecule has 0 fully saturated rings. The van der Waals surface area contributed by atoms with E-state index in [1.807, 2.05) is 11.8 Å². The molecule has 0 amide bonds. The Balaban J connectivity index is 2.51. The van der Waals surface area contributed by atoms with E-state index in [0.29, 0.717) is 0 Å². The van der Waals surface area contributed by atoms with E-state index in [4.69, 9.17) is 0 Å². The van der Waals surface area contributed by atoms with Crippen molar-refractivity contribution in [1.82, 2.24) is 0 Å². The van der Waals surface area contributed by atoms with Crippen molar-refractivity contribution in [2.75, 3.05) is 5.75 Å². The van der Waals surface area contributed by atoms with Crippen LogP contribution in [0.4, 0.5) is 0 Å². The van der Waals surface area contributed by atoms with E-state index in [1.165, 1.54) is 21.6 Å². The van der Waals surface area contributed by atoms with E-state index in [-0.39, 0.29) is 0 Å². The monoisotopic (exact) mass is 228 g/mol. The highest BCUT2D eigenvalue weighted by Gasteiger charge is 2.05. The summed E-state index contributed by atoms with van der Waals surface area (Å²) >= 11 is 1.91.